The second-order valence-electron chi connectivity index (χ2n) is 4.51. The van der Waals surface area contributed by atoms with Crippen molar-refractivity contribution in [2.75, 3.05) is 7.11 Å². The standard InChI is InChI=1S/C14H16F2N2OS/c1-19-13-11(15)8-10(9-12(13)16)4-2-3-6-18-7-5-17-14(18)20/h5,7-9H,2-4,6H2,1H3,(H,17,20). The molecule has 1 aromatic heterocycles. The lowest BCUT2D eigenvalue weighted by atomic mass is 10.1. The summed E-state index contributed by atoms with van der Waals surface area (Å²) in [4.78, 5) is 2.92. The molecule has 0 aliphatic heterocycles. The zero-order valence-corrected chi connectivity index (χ0v) is 12.0. The summed E-state index contributed by atoms with van der Waals surface area (Å²) < 4.78 is 34.3. The quantitative estimate of drug-likeness (QED) is 0.648. The van der Waals surface area contributed by atoms with Gasteiger partial charge < -0.3 is 14.3 Å². The normalized spacial score (nSPS) is 10.8. The van der Waals surface area contributed by atoms with Gasteiger partial charge in [-0.25, -0.2) is 8.78 Å². The Kier molecular flexibility index (Phi) is 4.89. The number of aromatic amines is 1. The van der Waals surface area contributed by atoms with Crippen molar-refractivity contribution >= 4 is 12.2 Å². The average Bonchev–Trinajstić information content (AvgIpc) is 2.80. The molecule has 0 bridgehead atoms. The summed E-state index contributed by atoms with van der Waals surface area (Å²) in [6, 6.07) is 2.65. The van der Waals surface area contributed by atoms with Crippen LogP contribution in [0.2, 0.25) is 0 Å². The van der Waals surface area contributed by atoms with Gasteiger partial charge in [0.2, 0.25) is 0 Å². The summed E-state index contributed by atoms with van der Waals surface area (Å²) in [6.45, 7) is 0.795. The molecule has 2 aromatic rings. The highest BCUT2D eigenvalue weighted by atomic mass is 32.1. The lowest BCUT2D eigenvalue weighted by Gasteiger charge is -2.07. The lowest BCUT2D eigenvalue weighted by Crippen LogP contribution is -1.99. The maximum absolute atomic E-state index is 13.5. The van der Waals surface area contributed by atoms with Crippen molar-refractivity contribution in [2.24, 2.45) is 0 Å². The van der Waals surface area contributed by atoms with Gasteiger partial charge in [0.05, 0.1) is 7.11 Å². The highest BCUT2D eigenvalue weighted by Gasteiger charge is 2.11. The van der Waals surface area contributed by atoms with Crippen LogP contribution in [-0.2, 0) is 13.0 Å². The highest BCUT2D eigenvalue weighted by molar-refractivity contribution is 7.71. The number of rotatable bonds is 6. The Morgan fingerprint density at radius 1 is 1.25 bits per heavy atom. The summed E-state index contributed by atoms with van der Waals surface area (Å²) in [6.07, 6.45) is 6.01. The number of hydrogen-bond acceptors (Lipinski definition) is 2. The molecule has 1 aromatic carbocycles. The van der Waals surface area contributed by atoms with Gasteiger partial charge >= 0.3 is 0 Å². The number of imidazole rings is 1. The fraction of sp³-hybridized carbons (Fsp3) is 0.357. The van der Waals surface area contributed by atoms with E-state index in [0.717, 1.165) is 19.4 Å². The number of nitrogens with one attached hydrogen (secondary N) is 1. The number of H-pyrrole nitrogens is 1. The van der Waals surface area contributed by atoms with Crippen molar-refractivity contribution in [3.8, 4) is 5.75 Å². The van der Waals surface area contributed by atoms with Crippen molar-refractivity contribution in [3.63, 3.8) is 0 Å². The molecular formula is C14H16F2N2OS. The minimum absolute atomic E-state index is 0.327. The number of halogens is 2. The molecule has 108 valence electrons. The molecule has 20 heavy (non-hydrogen) atoms. The van der Waals surface area contributed by atoms with Crippen LogP contribution in [0.1, 0.15) is 18.4 Å². The monoisotopic (exact) mass is 298 g/mol. The second kappa shape index (κ2) is 6.65. The lowest BCUT2D eigenvalue weighted by molar-refractivity contribution is 0.359. The van der Waals surface area contributed by atoms with Gasteiger partial charge in [-0.2, -0.15) is 0 Å². The van der Waals surface area contributed by atoms with E-state index in [4.69, 9.17) is 12.2 Å². The van der Waals surface area contributed by atoms with E-state index < -0.39 is 11.6 Å². The molecule has 6 heteroatoms. The van der Waals surface area contributed by atoms with Gasteiger partial charge in [0.1, 0.15) is 0 Å². The first-order valence-electron chi connectivity index (χ1n) is 6.37. The van der Waals surface area contributed by atoms with E-state index in [2.05, 4.69) is 9.72 Å². The van der Waals surface area contributed by atoms with Crippen molar-refractivity contribution in [1.82, 2.24) is 9.55 Å². The Balaban J connectivity index is 1.88. The number of unbranched alkanes of at least 4 members (excludes halogenated alkanes) is 1. The van der Waals surface area contributed by atoms with Crippen LogP contribution in [0.3, 0.4) is 0 Å². The summed E-state index contributed by atoms with van der Waals surface area (Å²) in [5.41, 5.74) is 0.637. The summed E-state index contributed by atoms with van der Waals surface area (Å²) in [5.74, 6) is -1.64. The van der Waals surface area contributed by atoms with E-state index >= 15 is 0 Å². The Hall–Kier alpha value is -1.69. The fourth-order valence-electron chi connectivity index (χ4n) is 2.09. The Bertz CT molecular complexity index is 613. The molecule has 0 aliphatic rings. The smallest absolute Gasteiger partial charge is 0.190 e. The van der Waals surface area contributed by atoms with Gasteiger partial charge in [-0.3, -0.25) is 0 Å². The fourth-order valence-corrected chi connectivity index (χ4v) is 2.31. The minimum Gasteiger partial charge on any atom is -0.491 e. The zero-order chi connectivity index (χ0) is 14.5. The van der Waals surface area contributed by atoms with Gasteiger partial charge in [0, 0.05) is 18.9 Å². The molecule has 3 nitrogen and oxygen atoms in total. The number of aromatic nitrogens is 2. The summed E-state index contributed by atoms with van der Waals surface area (Å²) in [7, 11) is 1.25. The van der Waals surface area contributed by atoms with E-state index in [1.54, 1.807) is 6.20 Å². The van der Waals surface area contributed by atoms with E-state index in [9.17, 15) is 8.78 Å². The molecule has 0 unspecified atom stereocenters. The van der Waals surface area contributed by atoms with Crippen molar-refractivity contribution < 1.29 is 13.5 Å². The van der Waals surface area contributed by atoms with Gasteiger partial charge in [-0.05, 0) is 49.2 Å². The zero-order valence-electron chi connectivity index (χ0n) is 11.2. The van der Waals surface area contributed by atoms with Crippen LogP contribution in [0.25, 0.3) is 0 Å². The van der Waals surface area contributed by atoms with E-state index in [-0.39, 0.29) is 5.75 Å². The van der Waals surface area contributed by atoms with Gasteiger partial charge in [-0.1, -0.05) is 0 Å². The third-order valence-electron chi connectivity index (χ3n) is 3.10. The number of ether oxygens (including phenoxy) is 1. The first-order chi connectivity index (χ1) is 9.61. The molecule has 0 saturated carbocycles. The van der Waals surface area contributed by atoms with Crippen molar-refractivity contribution in [1.29, 1.82) is 0 Å². The molecular weight excluding hydrogens is 282 g/mol. The number of aryl methyl sites for hydroxylation is 2. The predicted molar refractivity (Wildman–Crippen MR) is 75.5 cm³/mol. The second-order valence-corrected chi connectivity index (χ2v) is 4.90. The van der Waals surface area contributed by atoms with E-state index in [1.807, 2.05) is 10.8 Å². The summed E-state index contributed by atoms with van der Waals surface area (Å²) in [5, 5.41) is 0. The van der Waals surface area contributed by atoms with Gasteiger partial charge in [0.15, 0.2) is 22.2 Å². The number of hydrogen-bond donors (Lipinski definition) is 1. The van der Waals surface area contributed by atoms with Crippen LogP contribution in [0, 0.1) is 16.4 Å². The number of benzene rings is 1. The SMILES string of the molecule is COc1c(F)cc(CCCCn2cc[nH]c2=S)cc1F. The first-order valence-corrected chi connectivity index (χ1v) is 6.78. The Morgan fingerprint density at radius 3 is 2.50 bits per heavy atom. The van der Waals surface area contributed by atoms with Crippen LogP contribution < -0.4 is 4.74 Å². The summed E-state index contributed by atoms with van der Waals surface area (Å²) >= 11 is 5.08. The molecule has 2 rings (SSSR count). The maximum Gasteiger partial charge on any atom is 0.190 e. The molecule has 0 spiro atoms. The van der Waals surface area contributed by atoms with Gasteiger partial charge in [-0.15, -0.1) is 0 Å². The minimum atomic E-state index is -0.657. The molecule has 0 amide bonds. The molecule has 0 radical (unpaired) electrons. The van der Waals surface area contributed by atoms with Gasteiger partial charge in [0.25, 0.3) is 0 Å². The highest BCUT2D eigenvalue weighted by Crippen LogP contribution is 2.23. The average molecular weight is 298 g/mol. The Labute approximate surface area is 121 Å². The number of methoxy groups -OCH3 is 1. The van der Waals surface area contributed by atoms with E-state index in [1.165, 1.54) is 19.2 Å². The predicted octanol–water partition coefficient (Wildman–Crippen LogP) is 3.86. The van der Waals surface area contributed by atoms with Crippen molar-refractivity contribution in [3.05, 3.63) is 46.5 Å². The molecule has 0 saturated heterocycles. The molecule has 0 aliphatic carbocycles. The largest absolute Gasteiger partial charge is 0.491 e. The van der Waals surface area contributed by atoms with Crippen LogP contribution in [0.15, 0.2) is 24.5 Å². The topological polar surface area (TPSA) is 29.9 Å². The maximum atomic E-state index is 13.5. The van der Waals surface area contributed by atoms with Crippen LogP contribution in [0.4, 0.5) is 8.78 Å². The third kappa shape index (κ3) is 3.45. The Morgan fingerprint density at radius 2 is 1.95 bits per heavy atom. The van der Waals surface area contributed by atoms with Crippen LogP contribution in [0.5, 0.6) is 5.75 Å². The van der Waals surface area contributed by atoms with Crippen molar-refractivity contribution in [2.45, 2.75) is 25.8 Å². The molecule has 1 N–H and O–H groups in total. The van der Waals surface area contributed by atoms with Crippen LogP contribution >= 0.6 is 12.2 Å². The third-order valence-corrected chi connectivity index (χ3v) is 3.45. The first kappa shape index (κ1) is 14.7. The molecule has 0 fully saturated rings. The van der Waals surface area contributed by atoms with E-state index in [0.29, 0.717) is 16.8 Å². The molecule has 1 heterocycles. The van der Waals surface area contributed by atoms with Crippen LogP contribution in [-0.4, -0.2) is 16.7 Å². The molecule has 0 atom stereocenters. The number of nitrogens with zero attached hydrogens (tertiary/aromatic N) is 1.